The fourth-order valence-corrected chi connectivity index (χ4v) is 4.39. The van der Waals surface area contributed by atoms with Gasteiger partial charge in [-0.05, 0) is 29.0 Å². The van der Waals surface area contributed by atoms with E-state index in [9.17, 15) is 4.79 Å². The highest BCUT2D eigenvalue weighted by Crippen LogP contribution is 2.33. The third-order valence-corrected chi connectivity index (χ3v) is 5.73. The van der Waals surface area contributed by atoms with Crippen LogP contribution in [0.5, 0.6) is 0 Å². The Hall–Kier alpha value is -1.11. The molecule has 0 spiro atoms. The van der Waals surface area contributed by atoms with E-state index < -0.39 is 0 Å². The van der Waals surface area contributed by atoms with Gasteiger partial charge in [-0.25, -0.2) is 0 Å². The number of aromatic nitrogens is 1. The monoisotopic (exact) mass is 367 g/mol. The van der Waals surface area contributed by atoms with E-state index in [1.807, 2.05) is 17.0 Å². The molecule has 0 N–H and O–H groups in total. The van der Waals surface area contributed by atoms with Crippen molar-refractivity contribution in [1.82, 2.24) is 14.4 Å². The van der Waals surface area contributed by atoms with Gasteiger partial charge >= 0.3 is 0 Å². The highest BCUT2D eigenvalue weighted by Gasteiger charge is 2.25. The van der Waals surface area contributed by atoms with Crippen molar-refractivity contribution in [2.45, 2.75) is 6.54 Å². The number of nitrogens with zero attached hydrogens (tertiary/aromatic N) is 3. The second-order valence-electron chi connectivity index (χ2n) is 5.32. The molecule has 21 heavy (non-hydrogen) atoms. The van der Waals surface area contributed by atoms with Gasteiger partial charge in [0.15, 0.2) is 0 Å². The molecule has 6 heteroatoms. The van der Waals surface area contributed by atoms with Crippen LogP contribution >= 0.6 is 27.3 Å². The molecule has 3 rings (SSSR count). The Bertz CT molecular complexity index is 682. The van der Waals surface area contributed by atoms with Crippen LogP contribution in [0.25, 0.3) is 10.2 Å². The number of amides is 1. The zero-order valence-corrected chi connectivity index (χ0v) is 14.4. The summed E-state index contributed by atoms with van der Waals surface area (Å²) in [5, 5.41) is 2.06. The van der Waals surface area contributed by atoms with Crippen molar-refractivity contribution in [3.05, 3.63) is 34.3 Å². The molecule has 3 heterocycles. The Morgan fingerprint density at radius 1 is 1.43 bits per heavy atom. The van der Waals surface area contributed by atoms with Gasteiger partial charge in [-0.3, -0.25) is 4.79 Å². The van der Waals surface area contributed by atoms with Gasteiger partial charge in [0.2, 0.25) is 0 Å². The second-order valence-corrected chi connectivity index (χ2v) is 7.09. The number of likely N-dealkylation sites (N-methyl/N-ethyl adjacent to an activating group) is 1. The third kappa shape index (κ3) is 2.67. The fraction of sp³-hybridized carbons (Fsp3) is 0.400. The first-order valence-corrected chi connectivity index (χ1v) is 8.64. The molecule has 0 saturated carbocycles. The first-order chi connectivity index (χ1) is 10.1. The maximum Gasteiger partial charge on any atom is 0.270 e. The lowest BCUT2D eigenvalue weighted by Gasteiger charge is -2.32. The predicted molar refractivity (Wildman–Crippen MR) is 91.1 cm³/mol. The van der Waals surface area contributed by atoms with Gasteiger partial charge in [0.25, 0.3) is 5.91 Å². The predicted octanol–water partition coefficient (Wildman–Crippen LogP) is 3.04. The summed E-state index contributed by atoms with van der Waals surface area (Å²) in [5.74, 6) is 0.125. The number of piperazine rings is 1. The number of halogens is 1. The minimum Gasteiger partial charge on any atom is -0.335 e. The summed E-state index contributed by atoms with van der Waals surface area (Å²) >= 11 is 5.24. The molecule has 0 atom stereocenters. The quantitative estimate of drug-likeness (QED) is 0.780. The first-order valence-electron chi connectivity index (χ1n) is 6.96. The minimum absolute atomic E-state index is 0.125. The molecule has 0 radical (unpaired) electrons. The molecular formula is C15H18BrN3OS. The van der Waals surface area contributed by atoms with Crippen molar-refractivity contribution in [1.29, 1.82) is 0 Å². The van der Waals surface area contributed by atoms with Gasteiger partial charge in [-0.15, -0.1) is 17.9 Å². The zero-order valence-electron chi connectivity index (χ0n) is 12.0. The van der Waals surface area contributed by atoms with Gasteiger partial charge in [0.1, 0.15) is 5.69 Å². The third-order valence-electron chi connectivity index (χ3n) is 3.90. The van der Waals surface area contributed by atoms with E-state index in [1.165, 1.54) is 0 Å². The lowest BCUT2D eigenvalue weighted by molar-refractivity contribution is 0.0654. The summed E-state index contributed by atoms with van der Waals surface area (Å²) in [6.07, 6.45) is 1.84. The van der Waals surface area contributed by atoms with Crippen LogP contribution in [-0.4, -0.2) is 53.5 Å². The van der Waals surface area contributed by atoms with Crippen LogP contribution in [0.4, 0.5) is 0 Å². The Balaban J connectivity index is 1.97. The normalized spacial score (nSPS) is 16.6. The molecule has 1 aliphatic heterocycles. The molecular weight excluding hydrogens is 350 g/mol. The van der Waals surface area contributed by atoms with E-state index in [0.717, 1.165) is 46.6 Å². The van der Waals surface area contributed by atoms with Crippen LogP contribution in [0.3, 0.4) is 0 Å². The lowest BCUT2D eigenvalue weighted by Crippen LogP contribution is -2.47. The summed E-state index contributed by atoms with van der Waals surface area (Å²) < 4.78 is 4.24. The first kappa shape index (κ1) is 14.8. The Morgan fingerprint density at radius 3 is 2.81 bits per heavy atom. The number of carbonyl (C=O) groups is 1. The van der Waals surface area contributed by atoms with Crippen LogP contribution in [-0.2, 0) is 6.54 Å². The SMILES string of the molecule is C=CCn1c(C(=O)N2CCN(C)CC2)cc2scc(Br)c21. The van der Waals surface area contributed by atoms with Crippen LogP contribution < -0.4 is 0 Å². The second kappa shape index (κ2) is 5.94. The van der Waals surface area contributed by atoms with Crippen LogP contribution in [0.2, 0.25) is 0 Å². The summed E-state index contributed by atoms with van der Waals surface area (Å²) in [6, 6.07) is 2.01. The summed E-state index contributed by atoms with van der Waals surface area (Å²) in [6.45, 7) is 7.92. The van der Waals surface area contributed by atoms with Crippen LogP contribution in [0.1, 0.15) is 10.5 Å². The van der Waals surface area contributed by atoms with Crippen molar-refractivity contribution < 1.29 is 4.79 Å². The minimum atomic E-state index is 0.125. The van der Waals surface area contributed by atoms with E-state index in [-0.39, 0.29) is 5.91 Å². The zero-order chi connectivity index (χ0) is 15.0. The Labute approximate surface area is 136 Å². The number of hydrogen-bond donors (Lipinski definition) is 0. The molecule has 0 bridgehead atoms. The maximum atomic E-state index is 12.8. The van der Waals surface area contributed by atoms with E-state index in [1.54, 1.807) is 11.3 Å². The molecule has 1 fully saturated rings. The highest BCUT2D eigenvalue weighted by atomic mass is 79.9. The molecule has 0 unspecified atom stereocenters. The molecule has 1 aliphatic rings. The van der Waals surface area contributed by atoms with E-state index in [2.05, 4.69) is 44.4 Å². The lowest BCUT2D eigenvalue weighted by atomic mass is 10.3. The van der Waals surface area contributed by atoms with Crippen molar-refractivity contribution in [2.75, 3.05) is 33.2 Å². The van der Waals surface area contributed by atoms with Gasteiger partial charge in [0.05, 0.1) is 14.7 Å². The number of hydrogen-bond acceptors (Lipinski definition) is 3. The number of carbonyl (C=O) groups excluding carboxylic acids is 1. The average molecular weight is 368 g/mol. The van der Waals surface area contributed by atoms with Crippen molar-refractivity contribution >= 4 is 43.4 Å². The largest absolute Gasteiger partial charge is 0.335 e. The van der Waals surface area contributed by atoms with E-state index in [0.29, 0.717) is 6.54 Å². The molecule has 1 saturated heterocycles. The van der Waals surface area contributed by atoms with E-state index >= 15 is 0 Å². The van der Waals surface area contributed by atoms with Crippen molar-refractivity contribution in [3.63, 3.8) is 0 Å². The summed E-state index contributed by atoms with van der Waals surface area (Å²) in [7, 11) is 2.09. The summed E-state index contributed by atoms with van der Waals surface area (Å²) in [4.78, 5) is 17.0. The molecule has 112 valence electrons. The Kier molecular flexibility index (Phi) is 4.19. The van der Waals surface area contributed by atoms with Gasteiger partial charge in [0, 0.05) is 38.1 Å². The molecule has 4 nitrogen and oxygen atoms in total. The van der Waals surface area contributed by atoms with Crippen LogP contribution in [0.15, 0.2) is 28.6 Å². The maximum absolute atomic E-state index is 12.8. The van der Waals surface area contributed by atoms with Crippen LogP contribution in [0, 0.1) is 0 Å². The summed E-state index contributed by atoms with van der Waals surface area (Å²) in [5.41, 5.74) is 1.86. The highest BCUT2D eigenvalue weighted by molar-refractivity contribution is 9.10. The van der Waals surface area contributed by atoms with Gasteiger partial charge in [-0.2, -0.15) is 0 Å². The molecule has 2 aromatic rings. The standard InChI is InChI=1S/C15H18BrN3OS/c1-3-4-19-12(9-13-14(19)11(16)10-21-13)15(20)18-7-5-17(2)6-8-18/h3,9-10H,1,4-8H2,2H3. The fourth-order valence-electron chi connectivity index (χ4n) is 2.70. The number of allylic oxidation sites excluding steroid dienone is 1. The van der Waals surface area contributed by atoms with Crippen molar-refractivity contribution in [3.8, 4) is 0 Å². The van der Waals surface area contributed by atoms with Gasteiger partial charge < -0.3 is 14.4 Å². The number of fused-ring (bicyclic) bond motifs is 1. The number of rotatable bonds is 3. The van der Waals surface area contributed by atoms with E-state index in [4.69, 9.17) is 0 Å². The topological polar surface area (TPSA) is 28.5 Å². The number of thiophene rings is 1. The molecule has 0 aliphatic carbocycles. The van der Waals surface area contributed by atoms with Crippen molar-refractivity contribution in [2.24, 2.45) is 0 Å². The average Bonchev–Trinajstić information content (AvgIpc) is 3.01. The molecule has 0 aromatic carbocycles. The Morgan fingerprint density at radius 2 is 2.14 bits per heavy atom. The molecule has 2 aromatic heterocycles. The smallest absolute Gasteiger partial charge is 0.270 e. The molecule has 1 amide bonds. The van der Waals surface area contributed by atoms with Gasteiger partial charge in [-0.1, -0.05) is 6.08 Å².